The first kappa shape index (κ1) is 19.9. The second-order valence-electron chi connectivity index (χ2n) is 6.99. The zero-order chi connectivity index (χ0) is 18.6. The first-order valence-corrected chi connectivity index (χ1v) is 10.3. The number of hydrogen-bond donors (Lipinski definition) is 2. The van der Waals surface area contributed by atoms with E-state index < -0.39 is 10.0 Å². The summed E-state index contributed by atoms with van der Waals surface area (Å²) in [7, 11) is -2.21. The summed E-state index contributed by atoms with van der Waals surface area (Å²) >= 11 is 0. The van der Waals surface area contributed by atoms with Crippen LogP contribution in [0.3, 0.4) is 0 Å². The average molecular weight is 368 g/mol. The number of rotatable bonds is 6. The topological polar surface area (TPSA) is 78.5 Å². The molecule has 0 aliphatic carbocycles. The number of nitrogens with zero attached hydrogens (tertiary/aromatic N) is 1. The van der Waals surface area contributed by atoms with Crippen molar-refractivity contribution in [1.82, 2.24) is 14.9 Å². The maximum Gasteiger partial charge on any atom is 0.251 e. The van der Waals surface area contributed by atoms with E-state index in [0.717, 1.165) is 18.7 Å². The molecule has 140 valence electrons. The van der Waals surface area contributed by atoms with Crippen molar-refractivity contribution in [3.8, 4) is 0 Å². The molecule has 1 amide bonds. The Balaban J connectivity index is 2.04. The number of piperidine rings is 1. The van der Waals surface area contributed by atoms with Crippen molar-refractivity contribution < 1.29 is 13.2 Å². The number of benzene rings is 1. The lowest BCUT2D eigenvalue weighted by molar-refractivity contribution is 0.0916. The molecule has 2 unspecified atom stereocenters. The highest BCUT2D eigenvalue weighted by atomic mass is 32.2. The zero-order valence-corrected chi connectivity index (χ0v) is 16.3. The second-order valence-corrected chi connectivity index (χ2v) is 8.87. The van der Waals surface area contributed by atoms with E-state index in [4.69, 9.17) is 0 Å². The maximum atomic E-state index is 12.5. The Bertz CT molecular complexity index is 718. The molecule has 1 aromatic rings. The van der Waals surface area contributed by atoms with Crippen molar-refractivity contribution in [2.45, 2.75) is 44.6 Å². The predicted octanol–water partition coefficient (Wildman–Crippen LogP) is 1.75. The Morgan fingerprint density at radius 2 is 2.12 bits per heavy atom. The molecule has 6 nitrogen and oxygen atoms in total. The van der Waals surface area contributed by atoms with E-state index >= 15 is 0 Å². The molecule has 1 aromatic carbocycles. The van der Waals surface area contributed by atoms with E-state index in [2.05, 4.69) is 28.8 Å². The molecule has 1 aliphatic heterocycles. The minimum absolute atomic E-state index is 0.101. The van der Waals surface area contributed by atoms with Crippen molar-refractivity contribution in [3.05, 3.63) is 29.3 Å². The van der Waals surface area contributed by atoms with Crippen LogP contribution in [0.15, 0.2) is 23.1 Å². The first-order chi connectivity index (χ1) is 11.7. The molecule has 25 heavy (non-hydrogen) atoms. The van der Waals surface area contributed by atoms with Crippen LogP contribution in [-0.4, -0.2) is 51.9 Å². The quantitative estimate of drug-likeness (QED) is 0.803. The third kappa shape index (κ3) is 5.03. The van der Waals surface area contributed by atoms with E-state index in [-0.39, 0.29) is 16.8 Å². The minimum Gasteiger partial charge on any atom is -0.350 e. The smallest absolute Gasteiger partial charge is 0.251 e. The molecule has 1 heterocycles. The summed E-state index contributed by atoms with van der Waals surface area (Å²) in [6.07, 6.45) is 2.46. The average Bonchev–Trinajstić information content (AvgIpc) is 2.59. The van der Waals surface area contributed by atoms with Crippen LogP contribution in [-0.2, 0) is 10.0 Å². The molecule has 0 spiro atoms. The van der Waals surface area contributed by atoms with Crippen LogP contribution in [0.4, 0.5) is 0 Å². The molecule has 0 bridgehead atoms. The maximum absolute atomic E-state index is 12.5. The summed E-state index contributed by atoms with van der Waals surface area (Å²) in [5.41, 5.74) is 1.15. The number of hydrogen-bond acceptors (Lipinski definition) is 4. The van der Waals surface area contributed by atoms with Crippen molar-refractivity contribution in [3.63, 3.8) is 0 Å². The minimum atomic E-state index is -3.56. The first-order valence-electron chi connectivity index (χ1n) is 8.81. The van der Waals surface area contributed by atoms with Gasteiger partial charge in [0.05, 0.1) is 4.90 Å². The van der Waals surface area contributed by atoms with Gasteiger partial charge in [-0.2, -0.15) is 0 Å². The van der Waals surface area contributed by atoms with E-state index in [1.165, 1.54) is 32.0 Å². The van der Waals surface area contributed by atoms with Crippen molar-refractivity contribution >= 4 is 15.9 Å². The molecular weight excluding hydrogens is 338 g/mol. The van der Waals surface area contributed by atoms with Crippen LogP contribution in [0.5, 0.6) is 0 Å². The summed E-state index contributed by atoms with van der Waals surface area (Å²) in [4.78, 5) is 15.0. The fourth-order valence-electron chi connectivity index (χ4n) is 3.22. The summed E-state index contributed by atoms with van der Waals surface area (Å²) < 4.78 is 26.2. The Hall–Kier alpha value is -1.44. The van der Waals surface area contributed by atoms with Gasteiger partial charge in [0, 0.05) is 24.7 Å². The van der Waals surface area contributed by atoms with Gasteiger partial charge < -0.3 is 5.32 Å². The van der Waals surface area contributed by atoms with Crippen LogP contribution in [0, 0.1) is 12.8 Å². The molecule has 2 atom stereocenters. The molecule has 0 saturated carbocycles. The summed E-state index contributed by atoms with van der Waals surface area (Å²) in [5.74, 6) is 0.458. The van der Waals surface area contributed by atoms with Gasteiger partial charge in [0.15, 0.2) is 0 Å². The Morgan fingerprint density at radius 3 is 2.76 bits per heavy atom. The highest BCUT2D eigenvalue weighted by molar-refractivity contribution is 7.89. The van der Waals surface area contributed by atoms with Gasteiger partial charge in [-0.3, -0.25) is 9.69 Å². The van der Waals surface area contributed by atoms with E-state index in [9.17, 15) is 13.2 Å². The molecular formula is C18H29N3O3S. The Labute approximate surface area is 151 Å². The van der Waals surface area contributed by atoms with Gasteiger partial charge in [-0.25, -0.2) is 13.1 Å². The fourth-order valence-corrected chi connectivity index (χ4v) is 3.98. The molecule has 0 aromatic heterocycles. The van der Waals surface area contributed by atoms with Crippen LogP contribution in [0.25, 0.3) is 0 Å². The van der Waals surface area contributed by atoms with Crippen LogP contribution >= 0.6 is 0 Å². The monoisotopic (exact) mass is 367 g/mol. The van der Waals surface area contributed by atoms with Gasteiger partial charge in [0.25, 0.3) is 5.91 Å². The summed E-state index contributed by atoms with van der Waals surface area (Å²) in [6.45, 7) is 8.86. The van der Waals surface area contributed by atoms with E-state index in [0.29, 0.717) is 18.0 Å². The number of amides is 1. The van der Waals surface area contributed by atoms with Crippen LogP contribution in [0.2, 0.25) is 0 Å². The third-order valence-corrected chi connectivity index (χ3v) is 6.31. The molecule has 1 aliphatic rings. The van der Waals surface area contributed by atoms with Gasteiger partial charge in [-0.05, 0) is 63.9 Å². The highest BCUT2D eigenvalue weighted by Crippen LogP contribution is 2.18. The molecule has 1 fully saturated rings. The number of carbonyl (C=O) groups is 1. The summed E-state index contributed by atoms with van der Waals surface area (Å²) in [5, 5.41) is 2.95. The molecule has 7 heteroatoms. The second kappa shape index (κ2) is 8.29. The number of sulfonamides is 1. The fraction of sp³-hybridized carbons (Fsp3) is 0.611. The lowest BCUT2D eigenvalue weighted by atomic mass is 9.99. The third-order valence-electron chi connectivity index (χ3n) is 4.90. The predicted molar refractivity (Wildman–Crippen MR) is 99.2 cm³/mol. The molecule has 2 N–H and O–H groups in total. The highest BCUT2D eigenvalue weighted by Gasteiger charge is 2.22. The largest absolute Gasteiger partial charge is 0.350 e. The van der Waals surface area contributed by atoms with Crippen molar-refractivity contribution in [1.29, 1.82) is 0 Å². The molecule has 0 radical (unpaired) electrons. The molecule has 2 rings (SSSR count). The van der Waals surface area contributed by atoms with E-state index in [1.807, 2.05) is 0 Å². The van der Waals surface area contributed by atoms with Gasteiger partial charge >= 0.3 is 0 Å². The van der Waals surface area contributed by atoms with Gasteiger partial charge in [0.1, 0.15) is 0 Å². The SMILES string of the molecule is CNS(=O)(=O)c1ccc(C)c(C(=O)NCC(C)N2CCCC(C)C2)c1. The normalized spacial score (nSPS) is 20.2. The number of likely N-dealkylation sites (tertiary alicyclic amines) is 1. The van der Waals surface area contributed by atoms with Crippen LogP contribution < -0.4 is 10.0 Å². The zero-order valence-electron chi connectivity index (χ0n) is 15.5. The van der Waals surface area contributed by atoms with E-state index in [1.54, 1.807) is 13.0 Å². The lowest BCUT2D eigenvalue weighted by Crippen LogP contribution is -2.46. The lowest BCUT2D eigenvalue weighted by Gasteiger charge is -2.35. The van der Waals surface area contributed by atoms with Gasteiger partial charge in [-0.15, -0.1) is 0 Å². The summed E-state index contributed by atoms with van der Waals surface area (Å²) in [6, 6.07) is 4.87. The Morgan fingerprint density at radius 1 is 1.40 bits per heavy atom. The Kier molecular flexibility index (Phi) is 6.59. The molecule has 1 saturated heterocycles. The number of nitrogens with one attached hydrogen (secondary N) is 2. The van der Waals surface area contributed by atoms with Gasteiger partial charge in [0.2, 0.25) is 10.0 Å². The van der Waals surface area contributed by atoms with Crippen LogP contribution in [0.1, 0.15) is 42.6 Å². The van der Waals surface area contributed by atoms with Crippen molar-refractivity contribution in [2.24, 2.45) is 5.92 Å². The van der Waals surface area contributed by atoms with Gasteiger partial charge in [-0.1, -0.05) is 13.0 Å². The number of carbonyl (C=O) groups excluding carboxylic acids is 1. The standard InChI is InChI=1S/C18H29N3O3S/c1-13-6-5-9-21(12-13)15(3)11-20-18(22)17-10-16(8-7-14(17)2)25(23,24)19-4/h7-8,10,13,15,19H,5-6,9,11-12H2,1-4H3,(H,20,22). The number of aryl methyl sites for hydroxylation is 1. The van der Waals surface area contributed by atoms with Crippen molar-refractivity contribution in [2.75, 3.05) is 26.7 Å².